The molecule has 1 N–H and O–H groups in total. The maximum absolute atomic E-state index is 12.2. The molecule has 0 radical (unpaired) electrons. The largest absolute Gasteiger partial charge is 0.496 e. The van der Waals surface area contributed by atoms with E-state index in [-0.39, 0.29) is 5.43 Å². The Labute approximate surface area is 99.2 Å². The van der Waals surface area contributed by atoms with Crippen LogP contribution in [0.1, 0.15) is 11.3 Å². The fourth-order valence-corrected chi connectivity index (χ4v) is 1.89. The van der Waals surface area contributed by atoms with Gasteiger partial charge in [0, 0.05) is 11.3 Å². The summed E-state index contributed by atoms with van der Waals surface area (Å²) in [7, 11) is 3.13. The SMILES string of the molecule is COc1ccc(OC)c2c(=O)c(C)c(C)[nH]c12. The Kier molecular flexibility index (Phi) is 2.79. The van der Waals surface area contributed by atoms with Gasteiger partial charge in [-0.25, -0.2) is 0 Å². The number of hydrogen-bond acceptors (Lipinski definition) is 3. The van der Waals surface area contributed by atoms with Crippen LogP contribution in [0.5, 0.6) is 11.5 Å². The third kappa shape index (κ3) is 1.65. The molecule has 0 spiro atoms. The molecule has 0 aliphatic rings. The number of H-pyrrole nitrogens is 1. The number of aromatic nitrogens is 1. The summed E-state index contributed by atoms with van der Waals surface area (Å²) in [4.78, 5) is 15.4. The number of methoxy groups -OCH3 is 2. The van der Waals surface area contributed by atoms with Crippen molar-refractivity contribution in [3.05, 3.63) is 33.6 Å². The first kappa shape index (κ1) is 11.5. The van der Waals surface area contributed by atoms with Crippen LogP contribution in [0, 0.1) is 13.8 Å². The Balaban J connectivity index is 3.01. The molecule has 2 rings (SSSR count). The number of aromatic amines is 1. The van der Waals surface area contributed by atoms with Crippen molar-refractivity contribution in [3.63, 3.8) is 0 Å². The van der Waals surface area contributed by atoms with Gasteiger partial charge in [0.05, 0.1) is 25.1 Å². The van der Waals surface area contributed by atoms with Crippen LogP contribution in [0.3, 0.4) is 0 Å². The fraction of sp³-hybridized carbons (Fsp3) is 0.308. The van der Waals surface area contributed by atoms with Crippen LogP contribution in [-0.4, -0.2) is 19.2 Å². The number of ether oxygens (including phenoxy) is 2. The Morgan fingerprint density at radius 3 is 2.24 bits per heavy atom. The van der Waals surface area contributed by atoms with Crippen LogP contribution >= 0.6 is 0 Å². The van der Waals surface area contributed by atoms with Crippen LogP contribution in [0.25, 0.3) is 10.9 Å². The van der Waals surface area contributed by atoms with Crippen LogP contribution in [0.2, 0.25) is 0 Å². The topological polar surface area (TPSA) is 51.3 Å². The third-order valence-electron chi connectivity index (χ3n) is 3.01. The van der Waals surface area contributed by atoms with Gasteiger partial charge < -0.3 is 14.5 Å². The highest BCUT2D eigenvalue weighted by molar-refractivity contribution is 5.90. The smallest absolute Gasteiger partial charge is 0.196 e. The van der Waals surface area contributed by atoms with Gasteiger partial charge in [-0.3, -0.25) is 4.79 Å². The fourth-order valence-electron chi connectivity index (χ4n) is 1.89. The molecule has 4 nitrogen and oxygen atoms in total. The summed E-state index contributed by atoms with van der Waals surface area (Å²) in [5.74, 6) is 1.20. The first-order chi connectivity index (χ1) is 8.10. The van der Waals surface area contributed by atoms with Gasteiger partial charge in [-0.15, -0.1) is 0 Å². The average molecular weight is 233 g/mol. The van der Waals surface area contributed by atoms with Gasteiger partial charge in [-0.1, -0.05) is 0 Å². The Morgan fingerprint density at radius 1 is 1.06 bits per heavy atom. The molecule has 1 aromatic heterocycles. The van der Waals surface area contributed by atoms with Crippen LogP contribution < -0.4 is 14.9 Å². The van der Waals surface area contributed by atoms with Crippen molar-refractivity contribution in [1.82, 2.24) is 4.98 Å². The molecule has 0 amide bonds. The van der Waals surface area contributed by atoms with E-state index in [4.69, 9.17) is 9.47 Å². The van der Waals surface area contributed by atoms with Crippen molar-refractivity contribution >= 4 is 10.9 Å². The lowest BCUT2D eigenvalue weighted by molar-refractivity contribution is 0.409. The van der Waals surface area contributed by atoms with Gasteiger partial charge in [-0.2, -0.15) is 0 Å². The molecule has 0 unspecified atom stereocenters. The van der Waals surface area contributed by atoms with E-state index in [1.807, 2.05) is 6.92 Å². The Morgan fingerprint density at radius 2 is 1.65 bits per heavy atom. The number of rotatable bonds is 2. The normalized spacial score (nSPS) is 10.6. The summed E-state index contributed by atoms with van der Waals surface area (Å²) in [6.07, 6.45) is 0. The van der Waals surface area contributed by atoms with E-state index in [2.05, 4.69) is 4.98 Å². The first-order valence-corrected chi connectivity index (χ1v) is 5.34. The Hall–Kier alpha value is -1.97. The molecular weight excluding hydrogens is 218 g/mol. The van der Waals surface area contributed by atoms with Gasteiger partial charge in [0.1, 0.15) is 11.5 Å². The summed E-state index contributed by atoms with van der Waals surface area (Å²) in [5.41, 5.74) is 2.20. The average Bonchev–Trinajstić information content (AvgIpc) is 2.34. The van der Waals surface area contributed by atoms with Crippen molar-refractivity contribution in [1.29, 1.82) is 0 Å². The highest BCUT2D eigenvalue weighted by atomic mass is 16.5. The molecule has 0 atom stereocenters. The second kappa shape index (κ2) is 4.13. The molecule has 17 heavy (non-hydrogen) atoms. The third-order valence-corrected chi connectivity index (χ3v) is 3.01. The second-order valence-electron chi connectivity index (χ2n) is 3.92. The molecule has 0 saturated carbocycles. The zero-order valence-electron chi connectivity index (χ0n) is 10.4. The van der Waals surface area contributed by atoms with Crippen molar-refractivity contribution in [2.24, 2.45) is 0 Å². The Bertz CT molecular complexity index is 629. The van der Waals surface area contributed by atoms with E-state index in [1.165, 1.54) is 0 Å². The molecule has 0 aliphatic heterocycles. The van der Waals surface area contributed by atoms with Crippen LogP contribution in [-0.2, 0) is 0 Å². The van der Waals surface area contributed by atoms with Crippen molar-refractivity contribution in [2.75, 3.05) is 14.2 Å². The van der Waals surface area contributed by atoms with E-state index in [1.54, 1.807) is 33.3 Å². The molecule has 0 aliphatic carbocycles. The maximum Gasteiger partial charge on any atom is 0.196 e. The van der Waals surface area contributed by atoms with E-state index < -0.39 is 0 Å². The molecular formula is C13H15NO3. The lowest BCUT2D eigenvalue weighted by Crippen LogP contribution is -2.11. The van der Waals surface area contributed by atoms with E-state index in [0.717, 1.165) is 5.69 Å². The monoisotopic (exact) mass is 233 g/mol. The predicted molar refractivity (Wildman–Crippen MR) is 67.1 cm³/mol. The molecule has 90 valence electrons. The zero-order chi connectivity index (χ0) is 12.6. The maximum atomic E-state index is 12.2. The van der Waals surface area contributed by atoms with Crippen molar-refractivity contribution in [2.45, 2.75) is 13.8 Å². The summed E-state index contributed by atoms with van der Waals surface area (Å²) >= 11 is 0. The van der Waals surface area contributed by atoms with E-state index in [0.29, 0.717) is 28.0 Å². The number of hydrogen-bond donors (Lipinski definition) is 1. The highest BCUT2D eigenvalue weighted by Crippen LogP contribution is 2.29. The predicted octanol–water partition coefficient (Wildman–Crippen LogP) is 2.16. The van der Waals surface area contributed by atoms with Crippen LogP contribution in [0.15, 0.2) is 16.9 Å². The van der Waals surface area contributed by atoms with Crippen LogP contribution in [0.4, 0.5) is 0 Å². The van der Waals surface area contributed by atoms with Gasteiger partial charge in [0.2, 0.25) is 0 Å². The lowest BCUT2D eigenvalue weighted by Gasteiger charge is -2.11. The quantitative estimate of drug-likeness (QED) is 0.864. The number of fused-ring (bicyclic) bond motifs is 1. The minimum atomic E-state index is -0.0213. The first-order valence-electron chi connectivity index (χ1n) is 5.34. The molecule has 0 saturated heterocycles. The second-order valence-corrected chi connectivity index (χ2v) is 3.92. The number of benzene rings is 1. The summed E-state index contributed by atoms with van der Waals surface area (Å²) in [5, 5.41) is 0.537. The molecule has 1 aromatic carbocycles. The standard InChI is InChI=1S/C13H15NO3/c1-7-8(2)14-12-10(17-4)6-5-9(16-3)11(12)13(7)15/h5-6H,1-4H3,(H,14,15). The molecule has 1 heterocycles. The minimum Gasteiger partial charge on any atom is -0.496 e. The van der Waals surface area contributed by atoms with E-state index >= 15 is 0 Å². The minimum absolute atomic E-state index is 0.0213. The van der Waals surface area contributed by atoms with Crippen molar-refractivity contribution < 1.29 is 9.47 Å². The van der Waals surface area contributed by atoms with Gasteiger partial charge in [-0.05, 0) is 26.0 Å². The molecule has 0 fully saturated rings. The number of aryl methyl sites for hydroxylation is 1. The highest BCUT2D eigenvalue weighted by Gasteiger charge is 2.13. The molecule has 0 bridgehead atoms. The summed E-state index contributed by atoms with van der Waals surface area (Å²) < 4.78 is 10.5. The lowest BCUT2D eigenvalue weighted by atomic mass is 10.1. The van der Waals surface area contributed by atoms with E-state index in [9.17, 15) is 4.79 Å². The molecule has 4 heteroatoms. The number of pyridine rings is 1. The number of nitrogens with one attached hydrogen (secondary N) is 1. The van der Waals surface area contributed by atoms with Gasteiger partial charge >= 0.3 is 0 Å². The molecule has 2 aromatic rings. The summed E-state index contributed by atoms with van der Waals surface area (Å²) in [6, 6.07) is 3.52. The summed E-state index contributed by atoms with van der Waals surface area (Å²) in [6.45, 7) is 3.67. The van der Waals surface area contributed by atoms with Gasteiger partial charge in [0.15, 0.2) is 5.43 Å². The van der Waals surface area contributed by atoms with Gasteiger partial charge in [0.25, 0.3) is 0 Å². The van der Waals surface area contributed by atoms with Crippen molar-refractivity contribution in [3.8, 4) is 11.5 Å². The zero-order valence-corrected chi connectivity index (χ0v) is 10.4.